The summed E-state index contributed by atoms with van der Waals surface area (Å²) in [5.41, 5.74) is -0.585. The highest BCUT2D eigenvalue weighted by Gasteiger charge is 2.28. The molecule has 1 N–H and O–H groups in total. The summed E-state index contributed by atoms with van der Waals surface area (Å²) >= 11 is 0. The fourth-order valence-electron chi connectivity index (χ4n) is 2.77. The van der Waals surface area contributed by atoms with Crippen molar-refractivity contribution in [1.82, 2.24) is 14.5 Å². The summed E-state index contributed by atoms with van der Waals surface area (Å²) in [6.07, 6.45) is 8.76. The normalized spacial score (nSPS) is 20.9. The minimum Gasteiger partial charge on any atom is -0.331 e. The zero-order valence-corrected chi connectivity index (χ0v) is 12.9. The van der Waals surface area contributed by atoms with Crippen molar-refractivity contribution in [3.05, 3.63) is 57.4 Å². The summed E-state index contributed by atoms with van der Waals surface area (Å²) < 4.78 is 1.25. The highest BCUT2D eigenvalue weighted by atomic mass is 16.2. The molecule has 1 aliphatic heterocycles. The molecule has 6 nitrogen and oxygen atoms in total. The van der Waals surface area contributed by atoms with Crippen LogP contribution in [-0.4, -0.2) is 32.4 Å². The van der Waals surface area contributed by atoms with Crippen LogP contribution in [0.5, 0.6) is 0 Å². The van der Waals surface area contributed by atoms with E-state index >= 15 is 0 Å². The lowest BCUT2D eigenvalue weighted by Crippen LogP contribution is -2.49. The van der Waals surface area contributed by atoms with Crippen molar-refractivity contribution in [1.29, 1.82) is 0 Å². The maximum atomic E-state index is 12.6. The number of nitrogens with zero attached hydrogens (tertiary/aromatic N) is 2. The van der Waals surface area contributed by atoms with Crippen LogP contribution in [0.4, 0.5) is 0 Å². The van der Waals surface area contributed by atoms with Gasteiger partial charge in [-0.15, -0.1) is 6.58 Å². The number of carbonyl (C=O) groups excluding carboxylic acids is 1. The molecule has 0 bridgehead atoms. The first-order chi connectivity index (χ1) is 10.4. The van der Waals surface area contributed by atoms with Gasteiger partial charge >= 0.3 is 5.69 Å². The van der Waals surface area contributed by atoms with Gasteiger partial charge in [-0.2, -0.15) is 0 Å². The second kappa shape index (κ2) is 6.60. The molecule has 0 unspecified atom stereocenters. The Hall–Kier alpha value is -2.37. The largest absolute Gasteiger partial charge is 0.331 e. The van der Waals surface area contributed by atoms with Gasteiger partial charge in [-0.05, 0) is 26.7 Å². The Labute approximate surface area is 128 Å². The minimum atomic E-state index is -0.565. The van der Waals surface area contributed by atoms with E-state index in [1.165, 1.54) is 10.8 Å². The van der Waals surface area contributed by atoms with Gasteiger partial charge in [0.15, 0.2) is 0 Å². The molecule has 1 aromatic heterocycles. The monoisotopic (exact) mass is 303 g/mol. The average Bonchev–Trinajstić information content (AvgIpc) is 2.45. The maximum absolute atomic E-state index is 12.6. The van der Waals surface area contributed by atoms with E-state index in [0.717, 1.165) is 6.42 Å². The van der Waals surface area contributed by atoms with E-state index in [-0.39, 0.29) is 24.5 Å². The summed E-state index contributed by atoms with van der Waals surface area (Å²) in [6, 6.07) is 0.0373. The first-order valence-electron chi connectivity index (χ1n) is 7.33. The van der Waals surface area contributed by atoms with Crippen molar-refractivity contribution in [2.45, 2.75) is 45.3 Å². The number of rotatable bonds is 4. The van der Waals surface area contributed by atoms with Crippen LogP contribution in [0.1, 0.15) is 25.3 Å². The molecule has 2 heterocycles. The van der Waals surface area contributed by atoms with Gasteiger partial charge in [-0.1, -0.05) is 18.2 Å². The Morgan fingerprint density at radius 2 is 2.23 bits per heavy atom. The molecule has 118 valence electrons. The lowest BCUT2D eigenvalue weighted by Gasteiger charge is -2.37. The van der Waals surface area contributed by atoms with Crippen LogP contribution in [-0.2, 0) is 11.3 Å². The molecule has 0 saturated carbocycles. The highest BCUT2D eigenvalue weighted by molar-refractivity contribution is 5.77. The van der Waals surface area contributed by atoms with Crippen molar-refractivity contribution in [2.24, 2.45) is 0 Å². The second-order valence-electron chi connectivity index (χ2n) is 5.58. The first kappa shape index (κ1) is 16.0. The lowest BCUT2D eigenvalue weighted by atomic mass is 10.00. The summed E-state index contributed by atoms with van der Waals surface area (Å²) in [5.74, 6) is -0.141. The molecule has 1 amide bonds. The van der Waals surface area contributed by atoms with E-state index in [0.29, 0.717) is 12.0 Å². The average molecular weight is 303 g/mol. The van der Waals surface area contributed by atoms with Gasteiger partial charge in [0.05, 0.1) is 0 Å². The van der Waals surface area contributed by atoms with Gasteiger partial charge < -0.3 is 4.90 Å². The number of nitrogens with one attached hydrogen (secondary N) is 1. The number of hydrogen-bond donors (Lipinski definition) is 1. The fourth-order valence-corrected chi connectivity index (χ4v) is 2.77. The molecule has 0 spiro atoms. The minimum absolute atomic E-state index is 0.0224. The van der Waals surface area contributed by atoms with E-state index in [2.05, 4.69) is 17.6 Å². The highest BCUT2D eigenvalue weighted by Crippen LogP contribution is 2.20. The predicted molar refractivity (Wildman–Crippen MR) is 84.7 cm³/mol. The van der Waals surface area contributed by atoms with Crippen LogP contribution in [0.15, 0.2) is 40.6 Å². The van der Waals surface area contributed by atoms with Crippen molar-refractivity contribution < 1.29 is 4.79 Å². The molecule has 0 saturated heterocycles. The van der Waals surface area contributed by atoms with Crippen molar-refractivity contribution >= 4 is 5.91 Å². The molecule has 6 heteroatoms. The third-order valence-corrected chi connectivity index (χ3v) is 3.88. The summed E-state index contributed by atoms with van der Waals surface area (Å²) in [4.78, 5) is 39.8. The Morgan fingerprint density at radius 3 is 2.91 bits per heavy atom. The first-order valence-corrected chi connectivity index (χ1v) is 7.33. The van der Waals surface area contributed by atoms with Gasteiger partial charge in [0.25, 0.3) is 5.56 Å². The maximum Gasteiger partial charge on any atom is 0.328 e. The summed E-state index contributed by atoms with van der Waals surface area (Å²) in [7, 11) is 0. The van der Waals surface area contributed by atoms with E-state index < -0.39 is 11.2 Å². The van der Waals surface area contributed by atoms with E-state index in [9.17, 15) is 14.4 Å². The Balaban J connectivity index is 2.25. The number of amides is 1. The SMILES string of the molecule is C=CC[C@@H]1CC=C[C@@H](C)N1C(=O)Cn1cc(C)c(=O)[nH]c1=O. The predicted octanol–water partition coefficient (Wildman–Crippen LogP) is 0.967. The molecular formula is C16H21N3O3. The van der Waals surface area contributed by atoms with Crippen LogP contribution in [0.3, 0.4) is 0 Å². The van der Waals surface area contributed by atoms with E-state index in [1.54, 1.807) is 17.9 Å². The zero-order valence-electron chi connectivity index (χ0n) is 12.9. The molecule has 0 radical (unpaired) electrons. The van der Waals surface area contributed by atoms with Crippen molar-refractivity contribution in [2.75, 3.05) is 0 Å². The van der Waals surface area contributed by atoms with Gasteiger partial charge in [0.1, 0.15) is 6.54 Å². The van der Waals surface area contributed by atoms with Crippen LogP contribution in [0, 0.1) is 6.92 Å². The third kappa shape index (κ3) is 3.27. The number of aromatic nitrogens is 2. The van der Waals surface area contributed by atoms with Crippen LogP contribution >= 0.6 is 0 Å². The van der Waals surface area contributed by atoms with Gasteiger partial charge in [0, 0.05) is 23.8 Å². The molecule has 22 heavy (non-hydrogen) atoms. The third-order valence-electron chi connectivity index (χ3n) is 3.88. The summed E-state index contributed by atoms with van der Waals surface area (Å²) in [6.45, 7) is 7.21. The molecule has 0 fully saturated rings. The molecule has 2 rings (SSSR count). The van der Waals surface area contributed by atoms with E-state index in [1.807, 2.05) is 13.0 Å². The molecule has 2 atom stereocenters. The molecule has 0 aromatic carbocycles. The molecule has 0 aliphatic carbocycles. The van der Waals surface area contributed by atoms with Gasteiger partial charge in [-0.3, -0.25) is 19.1 Å². The quantitative estimate of drug-likeness (QED) is 0.842. The Kier molecular flexibility index (Phi) is 4.80. The van der Waals surface area contributed by atoms with Crippen molar-refractivity contribution in [3.8, 4) is 0 Å². The number of aromatic amines is 1. The summed E-state index contributed by atoms with van der Waals surface area (Å²) in [5, 5.41) is 0. The topological polar surface area (TPSA) is 75.2 Å². The number of hydrogen-bond acceptors (Lipinski definition) is 3. The molecule has 1 aromatic rings. The van der Waals surface area contributed by atoms with Crippen molar-refractivity contribution in [3.63, 3.8) is 0 Å². The molecule has 1 aliphatic rings. The van der Waals surface area contributed by atoms with Crippen LogP contribution in [0.2, 0.25) is 0 Å². The number of H-pyrrole nitrogens is 1. The van der Waals surface area contributed by atoms with Gasteiger partial charge in [0.2, 0.25) is 5.91 Å². The smallest absolute Gasteiger partial charge is 0.328 e. The van der Waals surface area contributed by atoms with Gasteiger partial charge in [-0.25, -0.2) is 4.79 Å². The standard InChI is InChI=1S/C16H21N3O3/c1-4-6-13-8-5-7-12(3)19(13)14(20)10-18-9-11(2)15(21)17-16(18)22/h4-5,7,9,12-13H,1,6,8,10H2,2-3H3,(H,17,21,22)/t12-,13-/m1/s1. The number of aryl methyl sites for hydroxylation is 1. The van der Waals surface area contributed by atoms with E-state index in [4.69, 9.17) is 0 Å². The van der Waals surface area contributed by atoms with Crippen LogP contribution in [0.25, 0.3) is 0 Å². The fraction of sp³-hybridized carbons (Fsp3) is 0.438. The Morgan fingerprint density at radius 1 is 1.50 bits per heavy atom. The zero-order chi connectivity index (χ0) is 16.3. The molecular weight excluding hydrogens is 282 g/mol. The van der Waals surface area contributed by atoms with Crippen LogP contribution < -0.4 is 11.2 Å². The Bertz CT molecular complexity index is 714. The lowest BCUT2D eigenvalue weighted by molar-refractivity contribution is -0.135. The second-order valence-corrected chi connectivity index (χ2v) is 5.58. The number of carbonyl (C=O) groups is 1.